The summed E-state index contributed by atoms with van der Waals surface area (Å²) < 4.78 is 0. The Morgan fingerprint density at radius 3 is 3.00 bits per heavy atom. The monoisotopic (exact) mass is 219 g/mol. The van der Waals surface area contributed by atoms with Crippen molar-refractivity contribution in [3.05, 3.63) is 41.7 Å². The lowest BCUT2D eigenvalue weighted by Crippen LogP contribution is -2.17. The maximum Gasteiger partial charge on any atom is 0.310 e. The molecule has 84 valence electrons. The second-order valence-corrected chi connectivity index (χ2v) is 3.86. The molecular formula is C12H13NO3. The van der Waals surface area contributed by atoms with Crippen molar-refractivity contribution in [1.82, 2.24) is 4.98 Å². The minimum atomic E-state index is -0.869. The molecule has 0 fully saturated rings. The predicted molar refractivity (Wildman–Crippen MR) is 57.6 cm³/mol. The molecule has 0 saturated heterocycles. The molecular weight excluding hydrogens is 206 g/mol. The lowest BCUT2D eigenvalue weighted by Gasteiger charge is -2.16. The topological polar surface area (TPSA) is 70.4 Å². The number of pyridine rings is 1. The van der Waals surface area contributed by atoms with Gasteiger partial charge in [0.05, 0.1) is 5.92 Å². The number of rotatable bonds is 3. The highest BCUT2D eigenvalue weighted by Gasteiger charge is 2.31. The highest BCUT2D eigenvalue weighted by atomic mass is 16.4. The van der Waals surface area contributed by atoms with E-state index in [1.54, 1.807) is 24.5 Å². The highest BCUT2D eigenvalue weighted by molar-refractivity contribution is 5.74. The van der Waals surface area contributed by atoms with Gasteiger partial charge < -0.3 is 10.2 Å². The van der Waals surface area contributed by atoms with Crippen LogP contribution in [-0.4, -0.2) is 21.2 Å². The van der Waals surface area contributed by atoms with Crippen LogP contribution in [0.3, 0.4) is 0 Å². The van der Waals surface area contributed by atoms with Crippen LogP contribution in [0.4, 0.5) is 0 Å². The first-order valence-corrected chi connectivity index (χ1v) is 5.21. The molecule has 4 heteroatoms. The third kappa shape index (κ3) is 1.97. The van der Waals surface area contributed by atoms with E-state index in [-0.39, 0.29) is 0 Å². The fourth-order valence-corrected chi connectivity index (χ4v) is 2.02. The standard InChI is InChI=1S/C12H13NO3/c14-11(8-3-2-6-13-7-8)9-4-1-5-10(9)12(15)16/h2-4,6-7,10-11,14H,1,5H2,(H,15,16). The number of allylic oxidation sites excluding steroid dienone is 1. The fraction of sp³-hybridized carbons (Fsp3) is 0.333. The van der Waals surface area contributed by atoms with Gasteiger partial charge in [-0.15, -0.1) is 0 Å². The molecule has 1 aliphatic carbocycles. The number of hydrogen-bond acceptors (Lipinski definition) is 3. The molecule has 2 unspecified atom stereocenters. The van der Waals surface area contributed by atoms with E-state index >= 15 is 0 Å². The number of hydrogen-bond donors (Lipinski definition) is 2. The van der Waals surface area contributed by atoms with Gasteiger partial charge in [0.2, 0.25) is 0 Å². The maximum atomic E-state index is 11.0. The minimum absolute atomic E-state index is 0.560. The van der Waals surface area contributed by atoms with E-state index in [1.165, 1.54) is 0 Å². The molecule has 16 heavy (non-hydrogen) atoms. The summed E-state index contributed by atoms with van der Waals surface area (Å²) in [6.45, 7) is 0. The summed E-state index contributed by atoms with van der Waals surface area (Å²) in [6, 6.07) is 3.47. The molecule has 0 aliphatic heterocycles. The largest absolute Gasteiger partial charge is 0.481 e. The molecule has 1 aromatic rings. The van der Waals surface area contributed by atoms with Gasteiger partial charge in [0.25, 0.3) is 0 Å². The lowest BCUT2D eigenvalue weighted by molar-refractivity contribution is -0.140. The van der Waals surface area contributed by atoms with Gasteiger partial charge in [-0.1, -0.05) is 12.1 Å². The zero-order valence-electron chi connectivity index (χ0n) is 8.71. The number of nitrogens with zero attached hydrogens (tertiary/aromatic N) is 1. The summed E-state index contributed by atoms with van der Waals surface area (Å²) in [5.41, 5.74) is 1.22. The Balaban J connectivity index is 2.22. The molecule has 0 bridgehead atoms. The first-order valence-electron chi connectivity index (χ1n) is 5.21. The Bertz CT molecular complexity index is 414. The normalized spacial score (nSPS) is 21.6. The van der Waals surface area contributed by atoms with Gasteiger partial charge in [-0.25, -0.2) is 0 Å². The van der Waals surface area contributed by atoms with Crippen LogP contribution in [0.5, 0.6) is 0 Å². The molecule has 2 N–H and O–H groups in total. The highest BCUT2D eigenvalue weighted by Crippen LogP contribution is 2.35. The van der Waals surface area contributed by atoms with Crippen molar-refractivity contribution < 1.29 is 15.0 Å². The number of aliphatic hydroxyl groups excluding tert-OH is 1. The van der Waals surface area contributed by atoms with E-state index in [9.17, 15) is 9.90 Å². The Morgan fingerprint density at radius 2 is 2.38 bits per heavy atom. The van der Waals surface area contributed by atoms with Crippen LogP contribution in [-0.2, 0) is 4.79 Å². The van der Waals surface area contributed by atoms with E-state index < -0.39 is 18.0 Å². The van der Waals surface area contributed by atoms with Crippen molar-refractivity contribution >= 4 is 5.97 Å². The van der Waals surface area contributed by atoms with Crippen molar-refractivity contribution in [3.8, 4) is 0 Å². The number of aliphatic carboxylic acids is 1. The Kier molecular flexibility index (Phi) is 3.01. The van der Waals surface area contributed by atoms with Crippen LogP contribution >= 0.6 is 0 Å². The van der Waals surface area contributed by atoms with E-state index in [1.807, 2.05) is 6.08 Å². The summed E-state index contributed by atoms with van der Waals surface area (Å²) in [4.78, 5) is 14.9. The summed E-state index contributed by atoms with van der Waals surface area (Å²) in [7, 11) is 0. The smallest absolute Gasteiger partial charge is 0.310 e. The van der Waals surface area contributed by atoms with Crippen LogP contribution in [0.1, 0.15) is 24.5 Å². The van der Waals surface area contributed by atoms with Crippen molar-refractivity contribution in [2.75, 3.05) is 0 Å². The zero-order chi connectivity index (χ0) is 11.5. The summed E-state index contributed by atoms with van der Waals surface area (Å²) >= 11 is 0. The Morgan fingerprint density at radius 1 is 1.56 bits per heavy atom. The number of carbonyl (C=O) groups is 1. The van der Waals surface area contributed by atoms with Crippen molar-refractivity contribution in [3.63, 3.8) is 0 Å². The zero-order valence-corrected chi connectivity index (χ0v) is 8.71. The third-order valence-corrected chi connectivity index (χ3v) is 2.85. The third-order valence-electron chi connectivity index (χ3n) is 2.85. The van der Waals surface area contributed by atoms with E-state index in [4.69, 9.17) is 5.11 Å². The van der Waals surface area contributed by atoms with Crippen LogP contribution in [0.2, 0.25) is 0 Å². The number of carboxylic acid groups (broad SMARTS) is 1. The molecule has 0 radical (unpaired) electrons. The van der Waals surface area contributed by atoms with E-state index in [0.29, 0.717) is 24.0 Å². The molecule has 0 saturated carbocycles. The first-order chi connectivity index (χ1) is 7.70. The average molecular weight is 219 g/mol. The Labute approximate surface area is 93.3 Å². The van der Waals surface area contributed by atoms with Crippen LogP contribution < -0.4 is 0 Å². The second kappa shape index (κ2) is 4.45. The Hall–Kier alpha value is -1.68. The molecule has 2 rings (SSSR count). The van der Waals surface area contributed by atoms with E-state index in [2.05, 4.69) is 4.98 Å². The lowest BCUT2D eigenvalue weighted by atomic mass is 9.94. The van der Waals surface area contributed by atoms with Crippen molar-refractivity contribution in [1.29, 1.82) is 0 Å². The van der Waals surface area contributed by atoms with Crippen LogP contribution in [0, 0.1) is 5.92 Å². The van der Waals surface area contributed by atoms with Gasteiger partial charge in [-0.2, -0.15) is 0 Å². The summed E-state index contributed by atoms with van der Waals surface area (Å²) in [5, 5.41) is 19.1. The summed E-state index contributed by atoms with van der Waals surface area (Å²) in [6.07, 6.45) is 5.43. The molecule has 2 atom stereocenters. The van der Waals surface area contributed by atoms with Gasteiger partial charge >= 0.3 is 5.97 Å². The second-order valence-electron chi connectivity index (χ2n) is 3.86. The van der Waals surface area contributed by atoms with Crippen LogP contribution in [0.25, 0.3) is 0 Å². The van der Waals surface area contributed by atoms with Crippen LogP contribution in [0.15, 0.2) is 36.2 Å². The van der Waals surface area contributed by atoms with Gasteiger partial charge in [0, 0.05) is 18.0 Å². The molecule has 0 spiro atoms. The van der Waals surface area contributed by atoms with Gasteiger partial charge in [0.15, 0.2) is 0 Å². The first kappa shape index (κ1) is 10.8. The summed E-state index contributed by atoms with van der Waals surface area (Å²) in [5.74, 6) is -1.43. The SMILES string of the molecule is O=C(O)C1CCC=C1C(O)c1cccnc1. The van der Waals surface area contributed by atoms with Gasteiger partial charge in [-0.3, -0.25) is 9.78 Å². The maximum absolute atomic E-state index is 11.0. The molecule has 4 nitrogen and oxygen atoms in total. The quantitative estimate of drug-likeness (QED) is 0.756. The van der Waals surface area contributed by atoms with Crippen molar-refractivity contribution in [2.45, 2.75) is 18.9 Å². The molecule has 0 aromatic carbocycles. The van der Waals surface area contributed by atoms with Gasteiger partial charge in [0.1, 0.15) is 6.10 Å². The fourth-order valence-electron chi connectivity index (χ4n) is 2.02. The molecule has 1 aliphatic rings. The van der Waals surface area contributed by atoms with Crippen molar-refractivity contribution in [2.24, 2.45) is 5.92 Å². The van der Waals surface area contributed by atoms with E-state index in [0.717, 1.165) is 0 Å². The molecule has 1 heterocycles. The minimum Gasteiger partial charge on any atom is -0.481 e. The number of aliphatic hydroxyl groups is 1. The number of carboxylic acids is 1. The molecule has 0 amide bonds. The predicted octanol–water partition coefficient (Wildman–Crippen LogP) is 1.54. The van der Waals surface area contributed by atoms with Gasteiger partial charge in [-0.05, 0) is 24.5 Å². The molecule has 1 aromatic heterocycles. The number of aromatic nitrogens is 1. The average Bonchev–Trinajstić information content (AvgIpc) is 2.78.